The molecular formula is C7H15NO2. The van der Waals surface area contributed by atoms with E-state index in [-0.39, 0.29) is 4.65 Å². The lowest BCUT2D eigenvalue weighted by Gasteiger charge is -2.44. The van der Waals surface area contributed by atoms with Gasteiger partial charge < -0.3 is 14.6 Å². The molecule has 0 bridgehead atoms. The van der Waals surface area contributed by atoms with Crippen molar-refractivity contribution < 1.29 is 9.38 Å². The molecule has 0 saturated carbocycles. The lowest BCUT2D eigenvalue weighted by atomic mass is 10.3. The van der Waals surface area contributed by atoms with Crippen molar-refractivity contribution >= 4 is 0 Å². The van der Waals surface area contributed by atoms with E-state index in [1.54, 1.807) is 0 Å². The van der Waals surface area contributed by atoms with E-state index >= 15 is 0 Å². The molecule has 0 atom stereocenters. The van der Waals surface area contributed by atoms with Crippen molar-refractivity contribution in [1.29, 1.82) is 0 Å². The second-order valence-electron chi connectivity index (χ2n) is 2.84. The largest absolute Gasteiger partial charge is 0.633 e. The van der Waals surface area contributed by atoms with Gasteiger partial charge in [-0.3, -0.25) is 0 Å². The Morgan fingerprint density at radius 1 is 1.40 bits per heavy atom. The van der Waals surface area contributed by atoms with Crippen LogP contribution in [0.1, 0.15) is 13.3 Å². The van der Waals surface area contributed by atoms with E-state index in [9.17, 15) is 5.21 Å². The molecule has 1 heterocycles. The Labute approximate surface area is 61.8 Å². The van der Waals surface area contributed by atoms with Gasteiger partial charge in [0.25, 0.3) is 0 Å². The first kappa shape index (κ1) is 7.98. The Bertz CT molecular complexity index is 94.3. The van der Waals surface area contributed by atoms with Gasteiger partial charge in [-0.1, -0.05) is 6.92 Å². The van der Waals surface area contributed by atoms with Crippen LogP contribution in [-0.2, 0) is 4.74 Å². The summed E-state index contributed by atoms with van der Waals surface area (Å²) in [6.07, 6.45) is 0.976. The summed E-state index contributed by atoms with van der Waals surface area (Å²) in [4.78, 5) is 0. The average Bonchev–Trinajstić information content (AvgIpc) is 1.89. The van der Waals surface area contributed by atoms with Crippen molar-refractivity contribution in [2.24, 2.45) is 0 Å². The van der Waals surface area contributed by atoms with Gasteiger partial charge >= 0.3 is 0 Å². The number of hydrogen-bond acceptors (Lipinski definition) is 2. The van der Waals surface area contributed by atoms with Crippen LogP contribution in [-0.4, -0.2) is 37.5 Å². The van der Waals surface area contributed by atoms with E-state index in [0.29, 0.717) is 26.3 Å². The van der Waals surface area contributed by atoms with Crippen LogP contribution in [0.2, 0.25) is 0 Å². The number of rotatable bonds is 2. The van der Waals surface area contributed by atoms with Crippen LogP contribution >= 0.6 is 0 Å². The molecule has 0 aliphatic carbocycles. The maximum atomic E-state index is 11.6. The standard InChI is InChI=1S/C7H15NO2/c1-2-3-8(9)4-6-10-7-5-8/h2-7H2,1H3. The monoisotopic (exact) mass is 145 g/mol. The number of hydrogen-bond donors (Lipinski definition) is 0. The molecule has 0 aromatic rings. The van der Waals surface area contributed by atoms with E-state index in [1.807, 2.05) is 6.92 Å². The predicted octanol–water partition coefficient (Wildman–Crippen LogP) is 0.741. The maximum absolute atomic E-state index is 11.6. The number of quaternary nitrogens is 1. The summed E-state index contributed by atoms with van der Waals surface area (Å²) in [5.41, 5.74) is 0. The maximum Gasteiger partial charge on any atom is 0.102 e. The zero-order valence-electron chi connectivity index (χ0n) is 6.51. The first-order valence-electron chi connectivity index (χ1n) is 3.92. The van der Waals surface area contributed by atoms with Crippen molar-refractivity contribution in [3.05, 3.63) is 5.21 Å². The minimum atomic E-state index is -0.0312. The van der Waals surface area contributed by atoms with Crippen LogP contribution in [0.3, 0.4) is 0 Å². The van der Waals surface area contributed by atoms with Crippen LogP contribution in [0.4, 0.5) is 0 Å². The quantitative estimate of drug-likeness (QED) is 0.424. The Balaban J connectivity index is 2.32. The third-order valence-corrected chi connectivity index (χ3v) is 1.92. The summed E-state index contributed by atoms with van der Waals surface area (Å²) in [6.45, 7) is 5.38. The van der Waals surface area contributed by atoms with Crippen LogP contribution in [0.25, 0.3) is 0 Å². The molecule has 0 unspecified atom stereocenters. The molecule has 0 aromatic carbocycles. The first-order valence-corrected chi connectivity index (χ1v) is 3.92. The zero-order valence-corrected chi connectivity index (χ0v) is 6.51. The summed E-state index contributed by atoms with van der Waals surface area (Å²) >= 11 is 0. The van der Waals surface area contributed by atoms with Crippen molar-refractivity contribution in [1.82, 2.24) is 0 Å². The van der Waals surface area contributed by atoms with Crippen LogP contribution < -0.4 is 0 Å². The van der Waals surface area contributed by atoms with Gasteiger partial charge in [-0.2, -0.15) is 0 Å². The minimum absolute atomic E-state index is 0.0312. The van der Waals surface area contributed by atoms with Crippen molar-refractivity contribution in [3.8, 4) is 0 Å². The van der Waals surface area contributed by atoms with Crippen molar-refractivity contribution in [2.75, 3.05) is 32.8 Å². The molecular weight excluding hydrogens is 130 g/mol. The smallest absolute Gasteiger partial charge is 0.102 e. The van der Waals surface area contributed by atoms with Gasteiger partial charge in [0.05, 0.1) is 19.8 Å². The molecule has 0 amide bonds. The van der Waals surface area contributed by atoms with E-state index in [1.165, 1.54) is 0 Å². The molecule has 0 N–H and O–H groups in total. The highest BCUT2D eigenvalue weighted by molar-refractivity contribution is 4.49. The second-order valence-corrected chi connectivity index (χ2v) is 2.84. The molecule has 60 valence electrons. The molecule has 1 rings (SSSR count). The van der Waals surface area contributed by atoms with Gasteiger partial charge in [-0.25, -0.2) is 0 Å². The van der Waals surface area contributed by atoms with Crippen molar-refractivity contribution in [2.45, 2.75) is 13.3 Å². The summed E-state index contributed by atoms with van der Waals surface area (Å²) in [5.74, 6) is 0. The highest BCUT2D eigenvalue weighted by atomic mass is 16.6. The molecule has 1 saturated heterocycles. The van der Waals surface area contributed by atoms with Crippen molar-refractivity contribution in [3.63, 3.8) is 0 Å². The normalized spacial score (nSPS) is 24.6. The summed E-state index contributed by atoms with van der Waals surface area (Å²) in [5, 5.41) is 11.6. The molecule has 3 heteroatoms. The predicted molar refractivity (Wildman–Crippen MR) is 39.3 cm³/mol. The fraction of sp³-hybridized carbons (Fsp3) is 1.00. The van der Waals surface area contributed by atoms with E-state index in [4.69, 9.17) is 4.74 Å². The lowest BCUT2D eigenvalue weighted by molar-refractivity contribution is -0.888. The Morgan fingerprint density at radius 2 is 2.00 bits per heavy atom. The molecule has 0 radical (unpaired) electrons. The zero-order chi connectivity index (χ0) is 7.45. The van der Waals surface area contributed by atoms with E-state index in [0.717, 1.165) is 13.0 Å². The van der Waals surface area contributed by atoms with Gasteiger partial charge in [0.1, 0.15) is 13.1 Å². The molecule has 10 heavy (non-hydrogen) atoms. The number of hydroxylamine groups is 3. The Hall–Kier alpha value is -0.120. The van der Waals surface area contributed by atoms with Gasteiger partial charge in [-0.05, 0) is 6.42 Å². The fourth-order valence-electron chi connectivity index (χ4n) is 1.31. The first-order chi connectivity index (χ1) is 4.77. The number of ether oxygens (including phenoxy) is 1. The van der Waals surface area contributed by atoms with Gasteiger partial charge in [0, 0.05) is 0 Å². The Morgan fingerprint density at radius 3 is 2.50 bits per heavy atom. The molecule has 0 spiro atoms. The molecule has 3 nitrogen and oxygen atoms in total. The van der Waals surface area contributed by atoms with Crippen LogP contribution in [0.15, 0.2) is 0 Å². The van der Waals surface area contributed by atoms with Crippen LogP contribution in [0, 0.1) is 5.21 Å². The topological polar surface area (TPSA) is 32.3 Å². The summed E-state index contributed by atoms with van der Waals surface area (Å²) in [6, 6.07) is 0. The average molecular weight is 145 g/mol. The van der Waals surface area contributed by atoms with Crippen LogP contribution in [0.5, 0.6) is 0 Å². The molecule has 1 fully saturated rings. The Kier molecular flexibility index (Phi) is 2.65. The third-order valence-electron chi connectivity index (χ3n) is 1.92. The molecule has 1 aliphatic heterocycles. The van der Waals surface area contributed by atoms with E-state index < -0.39 is 0 Å². The molecule has 1 aliphatic rings. The minimum Gasteiger partial charge on any atom is -0.633 e. The highest BCUT2D eigenvalue weighted by Gasteiger charge is 2.19. The lowest BCUT2D eigenvalue weighted by Crippen LogP contribution is -2.50. The van der Waals surface area contributed by atoms with Gasteiger partial charge in [0.2, 0.25) is 0 Å². The second kappa shape index (κ2) is 3.32. The van der Waals surface area contributed by atoms with Gasteiger partial charge in [0.15, 0.2) is 0 Å². The fourth-order valence-corrected chi connectivity index (χ4v) is 1.31. The number of nitrogens with zero attached hydrogens (tertiary/aromatic N) is 1. The SMILES string of the molecule is CCC[N+]1([O-])CCOCC1. The van der Waals surface area contributed by atoms with Gasteiger partial charge in [-0.15, -0.1) is 0 Å². The summed E-state index contributed by atoms with van der Waals surface area (Å²) in [7, 11) is 0. The third kappa shape index (κ3) is 1.94. The number of morpholine rings is 1. The molecule has 0 aromatic heterocycles. The summed E-state index contributed by atoms with van der Waals surface area (Å²) < 4.78 is 5.06. The highest BCUT2D eigenvalue weighted by Crippen LogP contribution is 2.08. The van der Waals surface area contributed by atoms with E-state index in [2.05, 4.69) is 0 Å².